The molecule has 0 saturated heterocycles. The minimum absolute atomic E-state index is 0.180. The van der Waals surface area contributed by atoms with Gasteiger partial charge in [-0.3, -0.25) is 9.59 Å². The molecule has 0 unspecified atom stereocenters. The summed E-state index contributed by atoms with van der Waals surface area (Å²) in [6.07, 6.45) is 0. The third-order valence-corrected chi connectivity index (χ3v) is 3.26. The van der Waals surface area contributed by atoms with E-state index in [2.05, 4.69) is 10.1 Å². The lowest BCUT2D eigenvalue weighted by Crippen LogP contribution is -2.17. The van der Waals surface area contributed by atoms with Gasteiger partial charge < -0.3 is 4.74 Å². The Morgan fingerprint density at radius 2 is 2.42 bits per heavy atom. The molecule has 0 radical (unpaired) electrons. The van der Waals surface area contributed by atoms with Crippen molar-refractivity contribution in [1.29, 1.82) is 5.26 Å². The molecule has 2 aromatic rings. The lowest BCUT2D eigenvalue weighted by atomic mass is 10.2. The van der Waals surface area contributed by atoms with Gasteiger partial charge in [-0.1, -0.05) is 11.3 Å². The highest BCUT2D eigenvalue weighted by atomic mass is 32.1. The van der Waals surface area contributed by atoms with E-state index in [1.807, 2.05) is 6.07 Å². The third-order valence-electron chi connectivity index (χ3n) is 2.29. The van der Waals surface area contributed by atoms with Crippen molar-refractivity contribution < 1.29 is 9.53 Å². The first-order chi connectivity index (χ1) is 9.06. The zero-order chi connectivity index (χ0) is 14.0. The topological polar surface area (TPSA) is 97.4 Å². The van der Waals surface area contributed by atoms with Crippen LogP contribution in [0.3, 0.4) is 0 Å². The maximum absolute atomic E-state index is 11.7. The van der Waals surface area contributed by atoms with Crippen LogP contribution in [0.5, 0.6) is 0 Å². The van der Waals surface area contributed by atoms with E-state index in [0.29, 0.717) is 10.7 Å². The summed E-state index contributed by atoms with van der Waals surface area (Å²) in [6, 6.07) is 3.16. The van der Waals surface area contributed by atoms with Gasteiger partial charge in [0.05, 0.1) is 12.7 Å². The van der Waals surface area contributed by atoms with E-state index in [1.54, 1.807) is 13.8 Å². The Balaban J connectivity index is 2.51. The molecule has 1 atom stereocenters. The summed E-state index contributed by atoms with van der Waals surface area (Å²) in [5.41, 5.74) is 0.218. The van der Waals surface area contributed by atoms with Crippen LogP contribution in [0, 0.1) is 18.3 Å². The number of aryl methyl sites for hydroxylation is 1. The number of rotatable bonds is 3. The SMILES string of the molecule is CCOC(=O)[C@@H](C#N)c1nn2c(=O)cc(C)nc2s1. The largest absolute Gasteiger partial charge is 0.465 e. The predicted molar refractivity (Wildman–Crippen MR) is 66.9 cm³/mol. The van der Waals surface area contributed by atoms with Gasteiger partial charge in [0.25, 0.3) is 5.56 Å². The maximum Gasteiger partial charge on any atom is 0.330 e. The van der Waals surface area contributed by atoms with Gasteiger partial charge in [0, 0.05) is 11.8 Å². The molecule has 0 saturated carbocycles. The van der Waals surface area contributed by atoms with Gasteiger partial charge in [0.2, 0.25) is 4.96 Å². The number of carbonyl (C=O) groups is 1. The first kappa shape index (κ1) is 13.2. The molecule has 0 aliphatic rings. The van der Waals surface area contributed by atoms with Crippen LogP contribution in [0.15, 0.2) is 10.9 Å². The summed E-state index contributed by atoms with van der Waals surface area (Å²) in [7, 11) is 0. The van der Waals surface area contributed by atoms with Gasteiger partial charge in [0.15, 0.2) is 5.92 Å². The number of nitriles is 1. The van der Waals surface area contributed by atoms with Crippen LogP contribution < -0.4 is 5.56 Å². The van der Waals surface area contributed by atoms with E-state index in [0.717, 1.165) is 15.9 Å². The molecule has 0 bridgehead atoms. The fraction of sp³-hybridized carbons (Fsp3) is 0.364. The second kappa shape index (κ2) is 5.16. The van der Waals surface area contributed by atoms with E-state index in [1.165, 1.54) is 6.07 Å². The second-order valence-electron chi connectivity index (χ2n) is 3.68. The van der Waals surface area contributed by atoms with Crippen LogP contribution in [0.25, 0.3) is 4.96 Å². The highest BCUT2D eigenvalue weighted by Crippen LogP contribution is 2.21. The van der Waals surface area contributed by atoms with Crippen LogP contribution >= 0.6 is 11.3 Å². The summed E-state index contributed by atoms with van der Waals surface area (Å²) in [5, 5.41) is 13.2. The molecule has 0 aliphatic heterocycles. The summed E-state index contributed by atoms with van der Waals surface area (Å²) in [6.45, 7) is 3.52. The molecule has 0 N–H and O–H groups in total. The average Bonchev–Trinajstić information content (AvgIpc) is 2.74. The van der Waals surface area contributed by atoms with E-state index in [-0.39, 0.29) is 17.2 Å². The van der Waals surface area contributed by atoms with Crippen molar-refractivity contribution in [2.45, 2.75) is 19.8 Å². The summed E-state index contributed by atoms with van der Waals surface area (Å²) in [4.78, 5) is 27.8. The quantitative estimate of drug-likeness (QED) is 0.764. The van der Waals surface area contributed by atoms with Crippen molar-refractivity contribution in [3.05, 3.63) is 27.1 Å². The zero-order valence-corrected chi connectivity index (χ0v) is 11.1. The average molecular weight is 278 g/mol. The highest BCUT2D eigenvalue weighted by molar-refractivity contribution is 7.16. The first-order valence-electron chi connectivity index (χ1n) is 5.50. The standard InChI is InChI=1S/C11H10N4O3S/c1-3-18-10(17)7(5-12)9-14-15-8(16)4-6(2)13-11(15)19-9/h4,7H,3H2,1-2H3/t7-/m0/s1. The van der Waals surface area contributed by atoms with Gasteiger partial charge in [0.1, 0.15) is 5.01 Å². The highest BCUT2D eigenvalue weighted by Gasteiger charge is 2.26. The van der Waals surface area contributed by atoms with Crippen molar-refractivity contribution in [3.8, 4) is 6.07 Å². The molecule has 19 heavy (non-hydrogen) atoms. The number of hydrogen-bond acceptors (Lipinski definition) is 7. The molecule has 0 fully saturated rings. The molecule has 2 aromatic heterocycles. The summed E-state index contributed by atoms with van der Waals surface area (Å²) in [5.74, 6) is -1.81. The Morgan fingerprint density at radius 3 is 3.05 bits per heavy atom. The van der Waals surface area contributed by atoms with Crippen LogP contribution in [-0.4, -0.2) is 27.2 Å². The van der Waals surface area contributed by atoms with Crippen LogP contribution in [0.4, 0.5) is 0 Å². The molecule has 7 nitrogen and oxygen atoms in total. The monoisotopic (exact) mass is 278 g/mol. The van der Waals surface area contributed by atoms with Crippen molar-refractivity contribution in [1.82, 2.24) is 14.6 Å². The molecule has 0 spiro atoms. The Kier molecular flexibility index (Phi) is 3.57. The number of carbonyl (C=O) groups excluding carboxylic acids is 1. The number of fused-ring (bicyclic) bond motifs is 1. The summed E-state index contributed by atoms with van der Waals surface area (Å²) < 4.78 is 5.88. The molecule has 8 heteroatoms. The minimum Gasteiger partial charge on any atom is -0.465 e. The Labute approximate surface area is 112 Å². The van der Waals surface area contributed by atoms with Gasteiger partial charge in [-0.25, -0.2) is 4.98 Å². The molecular weight excluding hydrogens is 268 g/mol. The van der Waals surface area contributed by atoms with E-state index < -0.39 is 11.9 Å². The van der Waals surface area contributed by atoms with Crippen molar-refractivity contribution >= 4 is 22.3 Å². The molecular formula is C11H10N4O3S. The molecule has 2 heterocycles. The van der Waals surface area contributed by atoms with Gasteiger partial charge >= 0.3 is 5.97 Å². The minimum atomic E-state index is -1.13. The smallest absolute Gasteiger partial charge is 0.330 e. The third kappa shape index (κ3) is 2.46. The van der Waals surface area contributed by atoms with Crippen molar-refractivity contribution in [3.63, 3.8) is 0 Å². The molecule has 0 amide bonds. The van der Waals surface area contributed by atoms with Gasteiger partial charge in [-0.2, -0.15) is 14.9 Å². The number of esters is 1. The van der Waals surface area contributed by atoms with E-state index in [4.69, 9.17) is 10.00 Å². The van der Waals surface area contributed by atoms with Gasteiger partial charge in [-0.05, 0) is 13.8 Å². The van der Waals surface area contributed by atoms with Crippen LogP contribution in [0.2, 0.25) is 0 Å². The first-order valence-corrected chi connectivity index (χ1v) is 6.32. The second-order valence-corrected chi connectivity index (χ2v) is 4.67. The molecule has 2 rings (SSSR count). The predicted octanol–water partition coefficient (Wildman–Crippen LogP) is 0.630. The fourth-order valence-corrected chi connectivity index (χ4v) is 2.47. The number of ether oxygens (including phenoxy) is 1. The molecule has 98 valence electrons. The number of hydrogen-bond donors (Lipinski definition) is 0. The fourth-order valence-electron chi connectivity index (χ4n) is 1.49. The Morgan fingerprint density at radius 1 is 1.68 bits per heavy atom. The number of nitrogens with zero attached hydrogens (tertiary/aromatic N) is 4. The Hall–Kier alpha value is -2.27. The van der Waals surface area contributed by atoms with Crippen molar-refractivity contribution in [2.24, 2.45) is 0 Å². The zero-order valence-electron chi connectivity index (χ0n) is 10.3. The summed E-state index contributed by atoms with van der Waals surface area (Å²) >= 11 is 1.03. The molecule has 0 aromatic carbocycles. The maximum atomic E-state index is 11.7. The van der Waals surface area contributed by atoms with E-state index >= 15 is 0 Å². The number of aromatic nitrogens is 3. The lowest BCUT2D eigenvalue weighted by Gasteiger charge is -2.03. The van der Waals surface area contributed by atoms with Crippen LogP contribution in [0.1, 0.15) is 23.5 Å². The lowest BCUT2D eigenvalue weighted by molar-refractivity contribution is -0.143. The Bertz CT molecular complexity index is 728. The molecule has 0 aliphatic carbocycles. The van der Waals surface area contributed by atoms with Crippen LogP contribution in [-0.2, 0) is 9.53 Å². The van der Waals surface area contributed by atoms with E-state index in [9.17, 15) is 9.59 Å². The van der Waals surface area contributed by atoms with Gasteiger partial charge in [-0.15, -0.1) is 0 Å². The normalized spacial score (nSPS) is 12.1. The van der Waals surface area contributed by atoms with Crippen molar-refractivity contribution in [2.75, 3.05) is 6.61 Å².